The quantitative estimate of drug-likeness (QED) is 0.621. The molecule has 160 valence electrons. The van der Waals surface area contributed by atoms with Crippen LogP contribution in [-0.4, -0.2) is 54.5 Å². The van der Waals surface area contributed by atoms with Crippen LogP contribution in [0, 0.1) is 12.8 Å². The highest BCUT2D eigenvalue weighted by molar-refractivity contribution is 7.09. The minimum absolute atomic E-state index is 0.153. The first kappa shape index (κ1) is 21.8. The molecule has 0 unspecified atom stereocenters. The molecule has 0 spiro atoms. The lowest BCUT2D eigenvalue weighted by Gasteiger charge is -2.30. The smallest absolute Gasteiger partial charge is 0.358 e. The Morgan fingerprint density at radius 2 is 1.87 bits per heavy atom. The zero-order valence-electron chi connectivity index (χ0n) is 17.0. The number of amides is 1. The maximum absolute atomic E-state index is 12.3. The number of aryl methyl sites for hydroxylation is 1. The van der Waals surface area contributed by atoms with Crippen LogP contribution < -0.4 is 4.74 Å². The van der Waals surface area contributed by atoms with E-state index in [0.29, 0.717) is 30.9 Å². The van der Waals surface area contributed by atoms with Crippen molar-refractivity contribution < 1.29 is 28.6 Å². The third-order valence-electron chi connectivity index (χ3n) is 4.85. The van der Waals surface area contributed by atoms with E-state index in [2.05, 4.69) is 4.98 Å². The molecule has 1 amide bonds. The van der Waals surface area contributed by atoms with Crippen molar-refractivity contribution in [3.05, 3.63) is 45.9 Å². The number of carbonyl (C=O) groups excluding carboxylic acids is 3. The van der Waals surface area contributed by atoms with Gasteiger partial charge in [-0.05, 0) is 31.9 Å². The molecular weight excluding hydrogens is 408 g/mol. The van der Waals surface area contributed by atoms with Crippen LogP contribution in [0.5, 0.6) is 5.75 Å². The Morgan fingerprint density at radius 3 is 2.53 bits per heavy atom. The van der Waals surface area contributed by atoms with E-state index in [1.54, 1.807) is 10.3 Å². The molecule has 0 aliphatic carbocycles. The molecule has 8 nitrogen and oxygen atoms in total. The molecular formula is C21H24N2O6S. The summed E-state index contributed by atoms with van der Waals surface area (Å²) in [5.74, 6) is -0.645. The fourth-order valence-electron chi connectivity index (χ4n) is 3.07. The van der Waals surface area contributed by atoms with Crippen molar-refractivity contribution in [2.45, 2.75) is 26.4 Å². The molecule has 0 saturated carbocycles. The lowest BCUT2D eigenvalue weighted by atomic mass is 9.97. The second-order valence-electron chi connectivity index (χ2n) is 6.98. The lowest BCUT2D eigenvalue weighted by molar-refractivity contribution is -0.149. The number of hydrogen-bond acceptors (Lipinski definition) is 8. The van der Waals surface area contributed by atoms with Gasteiger partial charge in [-0.25, -0.2) is 9.78 Å². The predicted molar refractivity (Wildman–Crippen MR) is 109 cm³/mol. The molecule has 30 heavy (non-hydrogen) atoms. The first-order valence-electron chi connectivity index (χ1n) is 9.63. The molecule has 1 saturated heterocycles. The van der Waals surface area contributed by atoms with E-state index in [0.717, 1.165) is 11.3 Å². The van der Waals surface area contributed by atoms with Crippen LogP contribution >= 0.6 is 11.3 Å². The van der Waals surface area contributed by atoms with Crippen LogP contribution in [0.4, 0.5) is 0 Å². The summed E-state index contributed by atoms with van der Waals surface area (Å²) in [6.45, 7) is 2.77. The van der Waals surface area contributed by atoms with Crippen molar-refractivity contribution in [1.82, 2.24) is 9.88 Å². The molecule has 3 rings (SSSR count). The number of hydrogen-bond donors (Lipinski definition) is 0. The standard InChI is InChI=1S/C21H24N2O6S/c1-14-3-5-16(6-4-14)28-11-18-22-17(13-30-18)21(26)29-12-19(24)23-9-7-15(8-10-23)20(25)27-2/h3-6,13,15H,7-12H2,1-2H3. The van der Waals surface area contributed by atoms with E-state index in [4.69, 9.17) is 14.2 Å². The van der Waals surface area contributed by atoms with Crippen molar-refractivity contribution in [3.63, 3.8) is 0 Å². The Hall–Kier alpha value is -2.94. The Morgan fingerprint density at radius 1 is 1.17 bits per heavy atom. The molecule has 0 bridgehead atoms. The Bertz CT molecular complexity index is 887. The summed E-state index contributed by atoms with van der Waals surface area (Å²) in [7, 11) is 1.36. The third kappa shape index (κ3) is 5.79. The van der Waals surface area contributed by atoms with E-state index >= 15 is 0 Å². The summed E-state index contributed by atoms with van der Waals surface area (Å²) in [5.41, 5.74) is 1.30. The number of benzene rings is 1. The number of thiazole rings is 1. The summed E-state index contributed by atoms with van der Waals surface area (Å²) >= 11 is 1.29. The van der Waals surface area contributed by atoms with Crippen LogP contribution in [0.1, 0.15) is 33.9 Å². The minimum atomic E-state index is -0.648. The zero-order chi connectivity index (χ0) is 21.5. The molecule has 0 radical (unpaired) electrons. The maximum Gasteiger partial charge on any atom is 0.358 e. The molecule has 2 heterocycles. The summed E-state index contributed by atoms with van der Waals surface area (Å²) in [4.78, 5) is 41.8. The van der Waals surface area contributed by atoms with Crippen LogP contribution in [0.15, 0.2) is 29.6 Å². The lowest BCUT2D eigenvalue weighted by Crippen LogP contribution is -2.42. The fraction of sp³-hybridized carbons (Fsp3) is 0.429. The van der Waals surface area contributed by atoms with Crippen LogP contribution in [-0.2, 0) is 25.7 Å². The summed E-state index contributed by atoms with van der Waals surface area (Å²) in [6.07, 6.45) is 1.09. The Labute approximate surface area is 178 Å². The van der Waals surface area contributed by atoms with E-state index < -0.39 is 5.97 Å². The van der Waals surface area contributed by atoms with Gasteiger partial charge in [-0.2, -0.15) is 0 Å². The summed E-state index contributed by atoms with van der Waals surface area (Å²) in [6, 6.07) is 7.65. The van der Waals surface area contributed by atoms with Crippen molar-refractivity contribution in [2.75, 3.05) is 26.8 Å². The third-order valence-corrected chi connectivity index (χ3v) is 5.68. The average molecular weight is 432 g/mol. The average Bonchev–Trinajstić information content (AvgIpc) is 3.25. The highest BCUT2D eigenvalue weighted by atomic mass is 32.1. The van der Waals surface area contributed by atoms with Crippen LogP contribution in [0.3, 0.4) is 0 Å². The molecule has 0 N–H and O–H groups in total. The predicted octanol–water partition coefficient (Wildman–Crippen LogP) is 2.60. The van der Waals surface area contributed by atoms with Gasteiger partial charge in [-0.1, -0.05) is 17.7 Å². The number of carbonyl (C=O) groups is 3. The van der Waals surface area contributed by atoms with E-state index in [9.17, 15) is 14.4 Å². The van der Waals surface area contributed by atoms with Gasteiger partial charge in [0.2, 0.25) is 0 Å². The molecule has 1 fully saturated rings. The van der Waals surface area contributed by atoms with Gasteiger partial charge < -0.3 is 19.1 Å². The number of aromatic nitrogens is 1. The van der Waals surface area contributed by atoms with Gasteiger partial charge in [-0.3, -0.25) is 9.59 Å². The summed E-state index contributed by atoms with van der Waals surface area (Å²) in [5, 5.41) is 2.22. The zero-order valence-corrected chi connectivity index (χ0v) is 17.8. The molecule has 1 aromatic carbocycles. The number of likely N-dealkylation sites (tertiary alicyclic amines) is 1. The highest BCUT2D eigenvalue weighted by Crippen LogP contribution is 2.19. The number of ether oxygens (including phenoxy) is 3. The molecule has 1 aromatic heterocycles. The minimum Gasteiger partial charge on any atom is -0.486 e. The van der Waals surface area contributed by atoms with Crippen LogP contribution in [0.2, 0.25) is 0 Å². The van der Waals surface area contributed by atoms with Crippen molar-refractivity contribution in [3.8, 4) is 5.75 Å². The summed E-state index contributed by atoms with van der Waals surface area (Å²) < 4.78 is 15.5. The largest absolute Gasteiger partial charge is 0.486 e. The monoisotopic (exact) mass is 432 g/mol. The number of rotatable bonds is 7. The number of methoxy groups -OCH3 is 1. The van der Waals surface area contributed by atoms with E-state index in [1.165, 1.54) is 18.4 Å². The van der Waals surface area contributed by atoms with Crippen molar-refractivity contribution in [2.24, 2.45) is 5.92 Å². The molecule has 1 aliphatic rings. The fourth-order valence-corrected chi connectivity index (χ4v) is 3.75. The highest BCUT2D eigenvalue weighted by Gasteiger charge is 2.28. The van der Waals surface area contributed by atoms with Gasteiger partial charge >= 0.3 is 11.9 Å². The number of esters is 2. The van der Waals surface area contributed by atoms with E-state index in [1.807, 2.05) is 31.2 Å². The second-order valence-corrected chi connectivity index (χ2v) is 7.93. The molecule has 1 aliphatic heterocycles. The topological polar surface area (TPSA) is 95.0 Å². The van der Waals surface area contributed by atoms with Crippen molar-refractivity contribution >= 4 is 29.2 Å². The van der Waals surface area contributed by atoms with Gasteiger partial charge in [0.25, 0.3) is 5.91 Å². The van der Waals surface area contributed by atoms with Crippen LogP contribution in [0.25, 0.3) is 0 Å². The van der Waals surface area contributed by atoms with Gasteiger partial charge in [0.15, 0.2) is 12.3 Å². The number of piperidine rings is 1. The Balaban J connectivity index is 1.42. The van der Waals surface area contributed by atoms with Crippen molar-refractivity contribution in [1.29, 1.82) is 0 Å². The van der Waals surface area contributed by atoms with E-state index in [-0.39, 0.29) is 36.7 Å². The first-order chi connectivity index (χ1) is 14.5. The van der Waals surface area contributed by atoms with Gasteiger partial charge in [0.05, 0.1) is 13.0 Å². The normalized spacial score (nSPS) is 14.3. The molecule has 2 aromatic rings. The Kier molecular flexibility index (Phi) is 7.40. The maximum atomic E-state index is 12.3. The molecule has 0 atom stereocenters. The van der Waals surface area contributed by atoms with Gasteiger partial charge in [0.1, 0.15) is 17.4 Å². The second kappa shape index (κ2) is 10.2. The SMILES string of the molecule is COC(=O)C1CCN(C(=O)COC(=O)c2csc(COc3ccc(C)cc3)n2)CC1. The first-order valence-corrected chi connectivity index (χ1v) is 10.5. The van der Waals surface area contributed by atoms with Gasteiger partial charge in [0, 0.05) is 18.5 Å². The van der Waals surface area contributed by atoms with Gasteiger partial charge in [-0.15, -0.1) is 11.3 Å². The number of nitrogens with zero attached hydrogens (tertiary/aromatic N) is 2. The molecule has 9 heteroatoms.